The van der Waals surface area contributed by atoms with Gasteiger partial charge in [0, 0.05) is 11.6 Å². The number of nitrogens with one attached hydrogen (secondary N) is 1. The summed E-state index contributed by atoms with van der Waals surface area (Å²) in [6.45, 7) is 7.74. The molecule has 1 fully saturated rings. The number of rotatable bonds is 7. The maximum absolute atomic E-state index is 12.9. The highest BCUT2D eigenvalue weighted by Gasteiger charge is 2.41. The number of hydrogen-bond donors (Lipinski definition) is 2. The molecule has 1 aromatic rings. The second-order valence-electron chi connectivity index (χ2n) is 7.69. The summed E-state index contributed by atoms with van der Waals surface area (Å²) < 4.78 is 0. The van der Waals surface area contributed by atoms with Crippen molar-refractivity contribution in [2.45, 2.75) is 52.1 Å². The highest BCUT2D eigenvalue weighted by atomic mass is 35.5. The molecule has 1 aliphatic rings. The van der Waals surface area contributed by atoms with Crippen LogP contribution in [0.25, 0.3) is 0 Å². The van der Waals surface area contributed by atoms with E-state index in [1.165, 1.54) is 4.90 Å². The smallest absolute Gasteiger partial charge is 0.326 e. The molecule has 2 amide bonds. The van der Waals surface area contributed by atoms with Crippen LogP contribution in [0.1, 0.15) is 45.6 Å². The Bertz CT molecular complexity index is 720. The third-order valence-corrected chi connectivity index (χ3v) is 5.17. The Kier molecular flexibility index (Phi) is 6.87. The Morgan fingerprint density at radius 3 is 2.41 bits per heavy atom. The normalized spacial score (nSPS) is 19.4. The largest absolute Gasteiger partial charge is 0.480 e. The summed E-state index contributed by atoms with van der Waals surface area (Å²) in [6.07, 6.45) is 0.404. The average Bonchev–Trinajstić information content (AvgIpc) is 2.88. The summed E-state index contributed by atoms with van der Waals surface area (Å²) in [5, 5.41) is 12.8. The van der Waals surface area contributed by atoms with Crippen molar-refractivity contribution in [1.29, 1.82) is 0 Å². The fourth-order valence-electron chi connectivity index (χ4n) is 3.69. The van der Waals surface area contributed by atoms with Gasteiger partial charge in [0.1, 0.15) is 12.1 Å². The first-order chi connectivity index (χ1) is 12.6. The molecular weight excluding hydrogens is 368 g/mol. The van der Waals surface area contributed by atoms with E-state index in [2.05, 4.69) is 5.32 Å². The summed E-state index contributed by atoms with van der Waals surface area (Å²) in [7, 11) is 0. The molecule has 148 valence electrons. The Hall–Kier alpha value is -2.08. The maximum Gasteiger partial charge on any atom is 0.326 e. The number of likely N-dealkylation sites (tertiary alicyclic amines) is 1. The number of benzene rings is 1. The van der Waals surface area contributed by atoms with Gasteiger partial charge in [0.15, 0.2) is 0 Å². The van der Waals surface area contributed by atoms with Gasteiger partial charge in [0.05, 0.1) is 5.92 Å². The number of carbonyl (C=O) groups is 3. The van der Waals surface area contributed by atoms with Gasteiger partial charge >= 0.3 is 5.97 Å². The van der Waals surface area contributed by atoms with Crippen molar-refractivity contribution in [3.8, 4) is 0 Å². The number of carbonyl (C=O) groups excluding carboxylic acids is 2. The number of halogens is 1. The van der Waals surface area contributed by atoms with Gasteiger partial charge in [0.25, 0.3) is 0 Å². The number of hydrogen-bond acceptors (Lipinski definition) is 3. The minimum absolute atomic E-state index is 0.0125. The summed E-state index contributed by atoms with van der Waals surface area (Å²) in [5.74, 6) is -2.24. The monoisotopic (exact) mass is 394 g/mol. The van der Waals surface area contributed by atoms with Crippen molar-refractivity contribution < 1.29 is 19.5 Å². The van der Waals surface area contributed by atoms with Crippen LogP contribution in [0.3, 0.4) is 0 Å². The van der Waals surface area contributed by atoms with Crippen molar-refractivity contribution >= 4 is 29.4 Å². The molecule has 0 radical (unpaired) electrons. The first-order valence-corrected chi connectivity index (χ1v) is 9.60. The lowest BCUT2D eigenvalue weighted by atomic mass is 9.87. The van der Waals surface area contributed by atoms with Crippen LogP contribution in [0.5, 0.6) is 0 Å². The van der Waals surface area contributed by atoms with E-state index >= 15 is 0 Å². The zero-order valence-electron chi connectivity index (χ0n) is 16.1. The number of amides is 2. The van der Waals surface area contributed by atoms with Crippen LogP contribution in [-0.4, -0.2) is 46.4 Å². The second kappa shape index (κ2) is 8.74. The van der Waals surface area contributed by atoms with E-state index < -0.39 is 24.0 Å². The van der Waals surface area contributed by atoms with Crippen molar-refractivity contribution in [3.63, 3.8) is 0 Å². The molecule has 0 spiro atoms. The Labute approximate surface area is 164 Å². The lowest BCUT2D eigenvalue weighted by Gasteiger charge is -2.28. The van der Waals surface area contributed by atoms with Gasteiger partial charge in [-0.25, -0.2) is 4.79 Å². The average molecular weight is 395 g/mol. The SMILES string of the molecule is CC(C)C(C(=O)NC1CCN(C(C(=O)O)C(C)C)C1=O)c1cccc(Cl)c1. The molecular formula is C20H27ClN2O4. The number of nitrogens with zero attached hydrogens (tertiary/aromatic N) is 1. The molecule has 3 unspecified atom stereocenters. The minimum Gasteiger partial charge on any atom is -0.480 e. The van der Waals surface area contributed by atoms with Crippen LogP contribution < -0.4 is 5.32 Å². The van der Waals surface area contributed by atoms with E-state index in [0.29, 0.717) is 18.0 Å². The number of aliphatic carboxylic acids is 1. The highest BCUT2D eigenvalue weighted by Crippen LogP contribution is 2.28. The van der Waals surface area contributed by atoms with Crippen LogP contribution in [0.15, 0.2) is 24.3 Å². The molecule has 0 saturated carbocycles. The maximum atomic E-state index is 12.9. The van der Waals surface area contributed by atoms with Crippen LogP contribution in [0, 0.1) is 11.8 Å². The standard InChI is InChI=1S/C20H27ClN2O4/c1-11(2)16(13-6-5-7-14(21)10-13)18(24)22-15-8-9-23(19(15)25)17(12(3)4)20(26)27/h5-7,10-12,15-17H,8-9H2,1-4H3,(H,22,24)(H,26,27). The predicted molar refractivity (Wildman–Crippen MR) is 104 cm³/mol. The zero-order valence-corrected chi connectivity index (χ0v) is 16.9. The lowest BCUT2D eigenvalue weighted by molar-refractivity contribution is -0.150. The van der Waals surface area contributed by atoms with Crippen molar-refractivity contribution in [2.75, 3.05) is 6.54 Å². The quantitative estimate of drug-likeness (QED) is 0.744. The zero-order chi connectivity index (χ0) is 20.3. The van der Waals surface area contributed by atoms with Gasteiger partial charge in [0.2, 0.25) is 11.8 Å². The lowest BCUT2D eigenvalue weighted by Crippen LogP contribution is -2.50. The van der Waals surface area contributed by atoms with Gasteiger partial charge in [-0.2, -0.15) is 0 Å². The van der Waals surface area contributed by atoms with Crippen molar-refractivity contribution in [2.24, 2.45) is 11.8 Å². The number of carboxylic acids is 1. The van der Waals surface area contributed by atoms with E-state index in [4.69, 9.17) is 11.6 Å². The molecule has 1 saturated heterocycles. The third kappa shape index (κ3) is 4.80. The van der Waals surface area contributed by atoms with Crippen LogP contribution in [0.4, 0.5) is 0 Å². The highest BCUT2D eigenvalue weighted by molar-refractivity contribution is 6.30. The molecule has 0 bridgehead atoms. The summed E-state index contributed by atoms with van der Waals surface area (Å²) >= 11 is 6.06. The second-order valence-corrected chi connectivity index (χ2v) is 8.12. The fraction of sp³-hybridized carbons (Fsp3) is 0.550. The number of carboxylic acid groups (broad SMARTS) is 1. The van der Waals surface area contributed by atoms with E-state index in [9.17, 15) is 19.5 Å². The summed E-state index contributed by atoms with van der Waals surface area (Å²) in [6, 6.07) is 5.57. The van der Waals surface area contributed by atoms with E-state index in [1.54, 1.807) is 32.0 Å². The third-order valence-electron chi connectivity index (χ3n) is 4.93. The van der Waals surface area contributed by atoms with Crippen molar-refractivity contribution in [1.82, 2.24) is 10.2 Å². The summed E-state index contributed by atoms with van der Waals surface area (Å²) in [5.41, 5.74) is 0.794. The predicted octanol–water partition coefficient (Wildman–Crippen LogP) is 2.91. The van der Waals surface area contributed by atoms with E-state index in [-0.39, 0.29) is 23.7 Å². The Morgan fingerprint density at radius 2 is 1.89 bits per heavy atom. The molecule has 1 aliphatic heterocycles. The first-order valence-electron chi connectivity index (χ1n) is 9.22. The minimum atomic E-state index is -1.02. The Morgan fingerprint density at radius 1 is 1.22 bits per heavy atom. The van der Waals surface area contributed by atoms with Gasteiger partial charge in [-0.3, -0.25) is 9.59 Å². The molecule has 0 aliphatic carbocycles. The molecule has 1 aromatic carbocycles. The topological polar surface area (TPSA) is 86.7 Å². The molecule has 2 N–H and O–H groups in total. The molecule has 7 heteroatoms. The summed E-state index contributed by atoms with van der Waals surface area (Å²) in [4.78, 5) is 38.5. The van der Waals surface area contributed by atoms with Gasteiger partial charge in [-0.1, -0.05) is 51.4 Å². The van der Waals surface area contributed by atoms with Crippen LogP contribution >= 0.6 is 11.6 Å². The molecule has 1 heterocycles. The molecule has 27 heavy (non-hydrogen) atoms. The van der Waals surface area contributed by atoms with Gasteiger partial charge in [-0.15, -0.1) is 0 Å². The first kappa shape index (κ1) is 21.2. The van der Waals surface area contributed by atoms with Gasteiger partial charge < -0.3 is 15.3 Å². The molecule has 6 nitrogen and oxygen atoms in total. The fourth-order valence-corrected chi connectivity index (χ4v) is 3.89. The van der Waals surface area contributed by atoms with Crippen LogP contribution in [-0.2, 0) is 14.4 Å². The molecule has 3 atom stereocenters. The Balaban J connectivity index is 2.15. The van der Waals surface area contributed by atoms with E-state index in [1.807, 2.05) is 19.9 Å². The van der Waals surface area contributed by atoms with Crippen LogP contribution in [0.2, 0.25) is 5.02 Å². The van der Waals surface area contributed by atoms with E-state index in [0.717, 1.165) is 5.56 Å². The molecule has 0 aromatic heterocycles. The van der Waals surface area contributed by atoms with Crippen molar-refractivity contribution in [3.05, 3.63) is 34.9 Å². The molecule has 2 rings (SSSR count). The van der Waals surface area contributed by atoms with Gasteiger partial charge in [-0.05, 0) is 36.0 Å².